The monoisotopic (exact) mass is 222 g/mol. The lowest BCUT2D eigenvalue weighted by atomic mass is 10.3. The van der Waals surface area contributed by atoms with Crippen LogP contribution in [0.2, 0.25) is 0 Å². The average molecular weight is 222 g/mol. The van der Waals surface area contributed by atoms with Gasteiger partial charge in [0.15, 0.2) is 5.76 Å². The fourth-order valence-corrected chi connectivity index (χ4v) is 2.05. The summed E-state index contributed by atoms with van der Waals surface area (Å²) in [6.45, 7) is 5.13. The normalized spacial score (nSPS) is 18.6. The summed E-state index contributed by atoms with van der Waals surface area (Å²) in [6.07, 6.45) is 4.06. The number of amides is 1. The van der Waals surface area contributed by atoms with Crippen molar-refractivity contribution in [2.24, 2.45) is 0 Å². The van der Waals surface area contributed by atoms with Gasteiger partial charge in [0.05, 0.1) is 6.26 Å². The molecule has 0 spiro atoms. The van der Waals surface area contributed by atoms with Gasteiger partial charge < -0.3 is 9.73 Å². The van der Waals surface area contributed by atoms with E-state index < -0.39 is 0 Å². The van der Waals surface area contributed by atoms with Gasteiger partial charge in [-0.25, -0.2) is 0 Å². The number of hydrogen-bond donors (Lipinski definition) is 1. The van der Waals surface area contributed by atoms with Crippen LogP contribution in [0.3, 0.4) is 0 Å². The highest BCUT2D eigenvalue weighted by atomic mass is 16.3. The maximum atomic E-state index is 11.6. The van der Waals surface area contributed by atoms with E-state index in [-0.39, 0.29) is 5.91 Å². The van der Waals surface area contributed by atoms with Crippen molar-refractivity contribution in [3.63, 3.8) is 0 Å². The Hall–Kier alpha value is -1.29. The molecular formula is C12H18N2O2. The maximum absolute atomic E-state index is 11.6. The van der Waals surface area contributed by atoms with Gasteiger partial charge in [0, 0.05) is 12.6 Å². The number of likely N-dealkylation sites (tertiary alicyclic amines) is 1. The predicted molar refractivity (Wildman–Crippen MR) is 61.3 cm³/mol. The molecule has 0 saturated carbocycles. The summed E-state index contributed by atoms with van der Waals surface area (Å²) in [6, 6.07) is 3.80. The molecule has 1 aliphatic rings. The molecule has 2 rings (SSSR count). The molecule has 2 heterocycles. The number of nitrogens with zero attached hydrogens (tertiary/aromatic N) is 1. The molecule has 0 unspecified atom stereocenters. The zero-order chi connectivity index (χ0) is 11.4. The fraction of sp³-hybridized carbons (Fsp3) is 0.583. The Morgan fingerprint density at radius 2 is 2.31 bits per heavy atom. The molecule has 1 amide bonds. The van der Waals surface area contributed by atoms with E-state index in [0.29, 0.717) is 18.3 Å². The molecule has 0 bridgehead atoms. The first-order valence-electron chi connectivity index (χ1n) is 5.83. The van der Waals surface area contributed by atoms with Gasteiger partial charge in [0.2, 0.25) is 0 Å². The minimum Gasteiger partial charge on any atom is -0.459 e. The third-order valence-corrected chi connectivity index (χ3v) is 3.07. The van der Waals surface area contributed by atoms with Crippen LogP contribution in [0, 0.1) is 0 Å². The second-order valence-electron chi connectivity index (χ2n) is 4.28. The Kier molecular flexibility index (Phi) is 3.62. The van der Waals surface area contributed by atoms with Crippen LogP contribution < -0.4 is 5.32 Å². The quantitative estimate of drug-likeness (QED) is 0.839. The summed E-state index contributed by atoms with van der Waals surface area (Å²) in [5.41, 5.74) is 0. The van der Waals surface area contributed by atoms with Gasteiger partial charge in [-0.3, -0.25) is 9.69 Å². The van der Waals surface area contributed by atoms with E-state index in [1.807, 2.05) is 0 Å². The molecule has 0 aromatic carbocycles. The Morgan fingerprint density at radius 1 is 1.56 bits per heavy atom. The number of furan rings is 1. The van der Waals surface area contributed by atoms with Gasteiger partial charge >= 0.3 is 0 Å². The SMILES string of the molecule is C[C@@H](CNC(=O)c1ccco1)N1CCCC1. The van der Waals surface area contributed by atoms with E-state index in [4.69, 9.17) is 4.42 Å². The Morgan fingerprint density at radius 3 is 2.94 bits per heavy atom. The third-order valence-electron chi connectivity index (χ3n) is 3.07. The highest BCUT2D eigenvalue weighted by Crippen LogP contribution is 2.10. The zero-order valence-electron chi connectivity index (χ0n) is 9.61. The van der Waals surface area contributed by atoms with Gasteiger partial charge in [-0.05, 0) is 45.0 Å². The van der Waals surface area contributed by atoms with Gasteiger partial charge in [-0.2, -0.15) is 0 Å². The molecule has 0 aliphatic carbocycles. The summed E-state index contributed by atoms with van der Waals surface area (Å²) < 4.78 is 5.03. The molecule has 4 heteroatoms. The molecule has 1 N–H and O–H groups in total. The number of nitrogens with one attached hydrogen (secondary N) is 1. The molecule has 1 aromatic heterocycles. The van der Waals surface area contributed by atoms with Crippen LogP contribution in [0.5, 0.6) is 0 Å². The Labute approximate surface area is 95.6 Å². The lowest BCUT2D eigenvalue weighted by Gasteiger charge is -2.23. The van der Waals surface area contributed by atoms with Crippen molar-refractivity contribution in [1.29, 1.82) is 0 Å². The fourth-order valence-electron chi connectivity index (χ4n) is 2.05. The van der Waals surface area contributed by atoms with Crippen LogP contribution in [-0.4, -0.2) is 36.5 Å². The molecular weight excluding hydrogens is 204 g/mol. The van der Waals surface area contributed by atoms with E-state index >= 15 is 0 Å². The van der Waals surface area contributed by atoms with E-state index in [1.54, 1.807) is 12.1 Å². The molecule has 1 aromatic rings. The summed E-state index contributed by atoms with van der Waals surface area (Å²) in [4.78, 5) is 14.0. The lowest BCUT2D eigenvalue weighted by Crippen LogP contribution is -2.40. The largest absolute Gasteiger partial charge is 0.459 e. The summed E-state index contributed by atoms with van der Waals surface area (Å²) in [7, 11) is 0. The Bertz CT molecular complexity index is 329. The summed E-state index contributed by atoms with van der Waals surface area (Å²) in [5.74, 6) is 0.254. The van der Waals surface area contributed by atoms with Crippen LogP contribution in [0.15, 0.2) is 22.8 Å². The van der Waals surface area contributed by atoms with Crippen molar-refractivity contribution in [3.05, 3.63) is 24.2 Å². The van der Waals surface area contributed by atoms with E-state index in [0.717, 1.165) is 13.1 Å². The molecule has 1 fully saturated rings. The van der Waals surface area contributed by atoms with Gasteiger partial charge in [0.25, 0.3) is 5.91 Å². The van der Waals surface area contributed by atoms with Crippen molar-refractivity contribution in [1.82, 2.24) is 10.2 Å². The molecule has 4 nitrogen and oxygen atoms in total. The summed E-state index contributed by atoms with van der Waals surface area (Å²) in [5, 5.41) is 2.89. The number of carbonyl (C=O) groups excluding carboxylic acids is 1. The average Bonchev–Trinajstić information content (AvgIpc) is 2.95. The van der Waals surface area contributed by atoms with E-state index in [9.17, 15) is 4.79 Å². The highest BCUT2D eigenvalue weighted by molar-refractivity contribution is 5.91. The molecule has 1 atom stereocenters. The minimum atomic E-state index is -0.129. The number of hydrogen-bond acceptors (Lipinski definition) is 3. The number of carbonyl (C=O) groups is 1. The maximum Gasteiger partial charge on any atom is 0.287 e. The Balaban J connectivity index is 1.76. The lowest BCUT2D eigenvalue weighted by molar-refractivity contribution is 0.0912. The standard InChI is InChI=1S/C12H18N2O2/c1-10(14-6-2-3-7-14)9-13-12(15)11-5-4-8-16-11/h4-5,8,10H,2-3,6-7,9H2,1H3,(H,13,15)/t10-/m0/s1. The topological polar surface area (TPSA) is 45.5 Å². The van der Waals surface area contributed by atoms with Crippen LogP contribution in [-0.2, 0) is 0 Å². The van der Waals surface area contributed by atoms with Crippen molar-refractivity contribution < 1.29 is 9.21 Å². The van der Waals surface area contributed by atoms with E-state index in [2.05, 4.69) is 17.1 Å². The highest BCUT2D eigenvalue weighted by Gasteiger charge is 2.18. The smallest absolute Gasteiger partial charge is 0.287 e. The predicted octanol–water partition coefficient (Wildman–Crippen LogP) is 1.49. The van der Waals surface area contributed by atoms with Crippen molar-refractivity contribution >= 4 is 5.91 Å². The second-order valence-corrected chi connectivity index (χ2v) is 4.28. The van der Waals surface area contributed by atoms with Crippen molar-refractivity contribution in [2.75, 3.05) is 19.6 Å². The van der Waals surface area contributed by atoms with Crippen LogP contribution >= 0.6 is 0 Å². The summed E-state index contributed by atoms with van der Waals surface area (Å²) >= 11 is 0. The first-order chi connectivity index (χ1) is 7.77. The molecule has 16 heavy (non-hydrogen) atoms. The van der Waals surface area contributed by atoms with E-state index in [1.165, 1.54) is 19.1 Å². The van der Waals surface area contributed by atoms with Crippen LogP contribution in [0.1, 0.15) is 30.3 Å². The van der Waals surface area contributed by atoms with Crippen LogP contribution in [0.25, 0.3) is 0 Å². The zero-order valence-corrected chi connectivity index (χ0v) is 9.61. The van der Waals surface area contributed by atoms with Gasteiger partial charge in [0.1, 0.15) is 0 Å². The van der Waals surface area contributed by atoms with Crippen molar-refractivity contribution in [2.45, 2.75) is 25.8 Å². The van der Waals surface area contributed by atoms with Gasteiger partial charge in [-0.15, -0.1) is 0 Å². The molecule has 88 valence electrons. The third kappa shape index (κ3) is 2.64. The minimum absolute atomic E-state index is 0.129. The molecule has 0 radical (unpaired) electrons. The molecule has 1 saturated heterocycles. The first-order valence-corrected chi connectivity index (χ1v) is 5.83. The first kappa shape index (κ1) is 11.2. The van der Waals surface area contributed by atoms with Crippen LogP contribution in [0.4, 0.5) is 0 Å². The number of rotatable bonds is 4. The molecule has 1 aliphatic heterocycles. The van der Waals surface area contributed by atoms with Crippen molar-refractivity contribution in [3.8, 4) is 0 Å². The second kappa shape index (κ2) is 5.16. The van der Waals surface area contributed by atoms with Gasteiger partial charge in [-0.1, -0.05) is 0 Å².